The van der Waals surface area contributed by atoms with Crippen LogP contribution in [-0.4, -0.2) is 61.5 Å². The van der Waals surface area contributed by atoms with Crippen LogP contribution >= 0.6 is 11.6 Å². The van der Waals surface area contributed by atoms with Crippen molar-refractivity contribution in [3.8, 4) is 0 Å². The summed E-state index contributed by atoms with van der Waals surface area (Å²) in [5, 5.41) is 7.77. The van der Waals surface area contributed by atoms with Crippen LogP contribution in [0.25, 0.3) is 0 Å². The second kappa shape index (κ2) is 7.38. The van der Waals surface area contributed by atoms with Gasteiger partial charge >= 0.3 is 0 Å². The van der Waals surface area contributed by atoms with Crippen LogP contribution in [0, 0.1) is 0 Å². The van der Waals surface area contributed by atoms with Crippen molar-refractivity contribution in [3.05, 3.63) is 41.0 Å². The Kier molecular flexibility index (Phi) is 5.40. The number of aromatic nitrogens is 2. The molecule has 1 atom stereocenters. The van der Waals surface area contributed by atoms with E-state index in [-0.39, 0.29) is 23.4 Å². The third-order valence-electron chi connectivity index (χ3n) is 4.17. The number of hydrogen-bond acceptors (Lipinski definition) is 7. The lowest BCUT2D eigenvalue weighted by molar-refractivity contribution is 0.190. The maximum atomic E-state index is 12.6. The maximum absolute atomic E-state index is 12.6. The fraction of sp³-hybridized carbons (Fsp3) is 0.467. The van der Waals surface area contributed by atoms with E-state index in [4.69, 9.17) is 16.1 Å². The minimum atomic E-state index is -3.66. The van der Waals surface area contributed by atoms with Gasteiger partial charge < -0.3 is 9.84 Å². The number of sulfonamides is 1. The van der Waals surface area contributed by atoms with Crippen LogP contribution in [0.2, 0.25) is 5.02 Å². The smallest absolute Gasteiger partial charge is 0.243 e. The molecule has 1 N–H and O–H groups in total. The van der Waals surface area contributed by atoms with Gasteiger partial charge in [-0.15, -0.1) is 0 Å². The zero-order valence-electron chi connectivity index (χ0n) is 14.0. The highest BCUT2D eigenvalue weighted by Gasteiger charge is 2.27. The van der Waals surface area contributed by atoms with Crippen molar-refractivity contribution in [2.45, 2.75) is 17.5 Å². The number of likely N-dealkylation sites (N-methyl/N-ethyl adjacent to an activating group) is 1. The van der Waals surface area contributed by atoms with Gasteiger partial charge in [0, 0.05) is 31.7 Å². The Hall–Kier alpha value is -1.52. The van der Waals surface area contributed by atoms with E-state index >= 15 is 0 Å². The predicted octanol–water partition coefficient (Wildman–Crippen LogP) is 1.12. The number of benzene rings is 1. The monoisotopic (exact) mass is 385 g/mol. The van der Waals surface area contributed by atoms with Crippen LogP contribution in [0.1, 0.15) is 17.8 Å². The molecule has 0 saturated carbocycles. The molecule has 0 bridgehead atoms. The summed E-state index contributed by atoms with van der Waals surface area (Å²) < 4.78 is 31.6. The Morgan fingerprint density at radius 1 is 1.40 bits per heavy atom. The molecule has 1 saturated heterocycles. The van der Waals surface area contributed by atoms with Crippen molar-refractivity contribution < 1.29 is 12.9 Å². The Morgan fingerprint density at radius 3 is 2.80 bits per heavy atom. The van der Waals surface area contributed by atoms with E-state index in [9.17, 15) is 8.42 Å². The van der Waals surface area contributed by atoms with Crippen LogP contribution < -0.4 is 5.32 Å². The highest BCUT2D eigenvalue weighted by Crippen LogP contribution is 2.21. The number of halogens is 1. The van der Waals surface area contributed by atoms with Crippen LogP contribution in [0.3, 0.4) is 0 Å². The van der Waals surface area contributed by atoms with Gasteiger partial charge in [0.1, 0.15) is 0 Å². The second-order valence-electron chi connectivity index (χ2n) is 5.96. The molecule has 1 fully saturated rings. The van der Waals surface area contributed by atoms with E-state index in [1.54, 1.807) is 12.1 Å². The van der Waals surface area contributed by atoms with Gasteiger partial charge in [-0.2, -0.15) is 9.29 Å². The molecule has 0 radical (unpaired) electrons. The average Bonchev–Trinajstić information content (AvgIpc) is 3.04. The molecule has 1 aliphatic rings. The minimum absolute atomic E-state index is 0.00181. The molecule has 3 rings (SSSR count). The third-order valence-corrected chi connectivity index (χ3v) is 6.24. The molecule has 1 aromatic heterocycles. The number of rotatable bonds is 5. The van der Waals surface area contributed by atoms with Gasteiger partial charge in [0.25, 0.3) is 0 Å². The van der Waals surface area contributed by atoms with Gasteiger partial charge in [0.05, 0.1) is 17.5 Å². The first-order valence-corrected chi connectivity index (χ1v) is 9.65. The number of piperazine rings is 1. The van der Waals surface area contributed by atoms with E-state index in [0.29, 0.717) is 10.8 Å². The van der Waals surface area contributed by atoms with Gasteiger partial charge in [-0.05, 0) is 31.3 Å². The van der Waals surface area contributed by atoms with Crippen LogP contribution in [0.5, 0.6) is 0 Å². The number of hydrogen-bond donors (Lipinski definition) is 1. The van der Waals surface area contributed by atoms with Crippen molar-refractivity contribution >= 4 is 21.6 Å². The highest BCUT2D eigenvalue weighted by atomic mass is 35.5. The molecular weight excluding hydrogens is 366 g/mol. The van der Waals surface area contributed by atoms with E-state index in [1.807, 2.05) is 7.05 Å². The second-order valence-corrected chi connectivity index (χ2v) is 8.44. The van der Waals surface area contributed by atoms with Gasteiger partial charge in [0.15, 0.2) is 5.82 Å². The molecule has 25 heavy (non-hydrogen) atoms. The van der Waals surface area contributed by atoms with Crippen LogP contribution in [-0.2, 0) is 16.6 Å². The topological polar surface area (TPSA) is 91.6 Å². The zero-order valence-corrected chi connectivity index (χ0v) is 15.6. The number of nitrogens with zero attached hydrogens (tertiary/aromatic N) is 4. The van der Waals surface area contributed by atoms with Crippen molar-refractivity contribution in [1.29, 1.82) is 0 Å². The maximum Gasteiger partial charge on any atom is 0.243 e. The molecule has 1 aromatic carbocycles. The highest BCUT2D eigenvalue weighted by molar-refractivity contribution is 7.89. The van der Waals surface area contributed by atoms with Gasteiger partial charge in [-0.3, -0.25) is 4.90 Å². The summed E-state index contributed by atoms with van der Waals surface area (Å²) in [5.74, 6) is 0.816. The Bertz CT molecular complexity index is 824. The zero-order chi connectivity index (χ0) is 18.0. The predicted molar refractivity (Wildman–Crippen MR) is 92.6 cm³/mol. The summed E-state index contributed by atoms with van der Waals surface area (Å²) >= 11 is 5.81. The summed E-state index contributed by atoms with van der Waals surface area (Å²) in [5.41, 5.74) is 0. The first kappa shape index (κ1) is 18.3. The van der Waals surface area contributed by atoms with Crippen molar-refractivity contribution in [3.63, 3.8) is 0 Å². The average molecular weight is 386 g/mol. The molecule has 1 aliphatic heterocycles. The molecule has 1 unspecified atom stereocenters. The molecule has 10 heteroatoms. The van der Waals surface area contributed by atoms with Gasteiger partial charge in [0.2, 0.25) is 15.9 Å². The molecule has 0 spiro atoms. The Balaban J connectivity index is 1.72. The molecule has 136 valence electrons. The molecule has 0 amide bonds. The molecule has 8 nitrogen and oxygen atoms in total. The lowest BCUT2D eigenvalue weighted by Gasteiger charge is -2.30. The summed E-state index contributed by atoms with van der Waals surface area (Å²) in [6.45, 7) is 2.54. The van der Waals surface area contributed by atoms with Crippen LogP contribution in [0.15, 0.2) is 33.7 Å². The Labute approximate surface area is 151 Å². The normalized spacial score (nSPS) is 19.4. The van der Waals surface area contributed by atoms with Crippen molar-refractivity contribution in [2.24, 2.45) is 0 Å². The molecule has 2 heterocycles. The minimum Gasteiger partial charge on any atom is -0.338 e. The Morgan fingerprint density at radius 2 is 2.12 bits per heavy atom. The van der Waals surface area contributed by atoms with E-state index < -0.39 is 10.0 Å². The fourth-order valence-electron chi connectivity index (χ4n) is 2.62. The van der Waals surface area contributed by atoms with Crippen LogP contribution in [0.4, 0.5) is 0 Å². The third kappa shape index (κ3) is 4.01. The first-order chi connectivity index (χ1) is 11.9. The van der Waals surface area contributed by atoms with E-state index in [0.717, 1.165) is 19.6 Å². The molecule has 2 aromatic rings. The summed E-state index contributed by atoms with van der Waals surface area (Å²) in [6.07, 6.45) is 0. The van der Waals surface area contributed by atoms with Gasteiger partial charge in [-0.25, -0.2) is 8.42 Å². The van der Waals surface area contributed by atoms with Crippen molar-refractivity contribution in [2.75, 3.05) is 33.7 Å². The molecular formula is C15H20ClN5O3S. The summed E-state index contributed by atoms with van der Waals surface area (Å²) in [6, 6.07) is 6.04. The molecule has 0 aliphatic carbocycles. The quantitative estimate of drug-likeness (QED) is 0.824. The fourth-order valence-corrected chi connectivity index (χ4v) is 3.87. The summed E-state index contributed by atoms with van der Waals surface area (Å²) in [7, 11) is -0.183. The standard InChI is InChI=1S/C15H20ClN5O3S/c1-20-8-7-17-9-13(20)15-18-14(24-19-15)10-21(2)25(22,23)12-5-3-11(16)4-6-12/h3-6,13,17H,7-10H2,1-2H3. The first-order valence-electron chi connectivity index (χ1n) is 7.83. The van der Waals surface area contributed by atoms with Gasteiger partial charge in [-0.1, -0.05) is 16.8 Å². The summed E-state index contributed by atoms with van der Waals surface area (Å²) in [4.78, 5) is 6.66. The largest absolute Gasteiger partial charge is 0.338 e. The lowest BCUT2D eigenvalue weighted by atomic mass is 10.2. The van der Waals surface area contributed by atoms with E-state index in [1.165, 1.54) is 23.5 Å². The SMILES string of the molecule is CN1CCNCC1c1noc(CN(C)S(=O)(=O)c2ccc(Cl)cc2)n1. The lowest BCUT2D eigenvalue weighted by Crippen LogP contribution is -2.44. The van der Waals surface area contributed by atoms with Crippen molar-refractivity contribution in [1.82, 2.24) is 24.7 Å². The number of nitrogens with one attached hydrogen (secondary N) is 1. The van der Waals surface area contributed by atoms with E-state index in [2.05, 4.69) is 20.4 Å².